The van der Waals surface area contributed by atoms with Crippen LogP contribution < -0.4 is 4.74 Å². The van der Waals surface area contributed by atoms with Crippen LogP contribution in [-0.4, -0.2) is 17.3 Å². The zero-order chi connectivity index (χ0) is 17.8. The molecule has 0 spiro atoms. The monoisotopic (exact) mass is 358 g/mol. The van der Waals surface area contributed by atoms with Gasteiger partial charge < -0.3 is 4.74 Å². The molecule has 128 valence electrons. The van der Waals surface area contributed by atoms with Crippen LogP contribution in [0.3, 0.4) is 0 Å². The van der Waals surface area contributed by atoms with Crippen LogP contribution in [0.25, 0.3) is 22.0 Å². The Bertz CT molecular complexity index is 1030. The molecule has 0 aliphatic carbocycles. The highest BCUT2D eigenvalue weighted by Gasteiger charge is 2.05. The lowest BCUT2D eigenvalue weighted by Gasteiger charge is -2.07. The minimum atomic E-state index is 0.818. The first-order chi connectivity index (χ1) is 12.8. The standard InChI is InChI=1S/C22H18N2OS/c1-25-19-10-5-8-17(14-19)21-12-13-22(24-23-21)26-15-18-9-4-7-16-6-2-3-11-20(16)18/h2-14H,15H2,1H3. The van der Waals surface area contributed by atoms with Crippen LogP contribution in [0.4, 0.5) is 0 Å². The van der Waals surface area contributed by atoms with Gasteiger partial charge in [-0.25, -0.2) is 0 Å². The Labute approximate surface area is 157 Å². The summed E-state index contributed by atoms with van der Waals surface area (Å²) in [5.74, 6) is 1.69. The van der Waals surface area contributed by atoms with Gasteiger partial charge in [-0.15, -0.1) is 10.2 Å². The minimum Gasteiger partial charge on any atom is -0.497 e. The number of fused-ring (bicyclic) bond motifs is 1. The van der Waals surface area contributed by atoms with Crippen molar-refractivity contribution < 1.29 is 4.74 Å². The molecule has 0 aliphatic rings. The quantitative estimate of drug-likeness (QED) is 0.435. The molecule has 0 amide bonds. The number of benzene rings is 3. The number of hydrogen-bond donors (Lipinski definition) is 0. The van der Waals surface area contributed by atoms with Gasteiger partial charge in [-0.05, 0) is 40.6 Å². The van der Waals surface area contributed by atoms with E-state index in [0.29, 0.717) is 0 Å². The minimum absolute atomic E-state index is 0.818. The van der Waals surface area contributed by atoms with E-state index in [2.05, 4.69) is 52.7 Å². The second-order valence-corrected chi connectivity index (χ2v) is 6.91. The first kappa shape index (κ1) is 16.6. The molecule has 4 aromatic rings. The number of aromatic nitrogens is 2. The van der Waals surface area contributed by atoms with Crippen LogP contribution in [-0.2, 0) is 5.75 Å². The average Bonchev–Trinajstić information content (AvgIpc) is 2.72. The van der Waals surface area contributed by atoms with E-state index in [1.165, 1.54) is 16.3 Å². The fourth-order valence-corrected chi connectivity index (χ4v) is 3.72. The first-order valence-corrected chi connectivity index (χ1v) is 9.39. The molecule has 0 atom stereocenters. The molecule has 4 heteroatoms. The lowest BCUT2D eigenvalue weighted by Crippen LogP contribution is -1.91. The molecule has 0 fully saturated rings. The lowest BCUT2D eigenvalue weighted by molar-refractivity contribution is 0.415. The summed E-state index contributed by atoms with van der Waals surface area (Å²) in [6.45, 7) is 0. The van der Waals surface area contributed by atoms with Gasteiger partial charge in [-0.3, -0.25) is 0 Å². The zero-order valence-corrected chi connectivity index (χ0v) is 15.2. The van der Waals surface area contributed by atoms with Crippen molar-refractivity contribution in [3.05, 3.63) is 84.4 Å². The summed E-state index contributed by atoms with van der Waals surface area (Å²) >= 11 is 1.70. The third-order valence-corrected chi connectivity index (χ3v) is 5.23. The third-order valence-electron chi connectivity index (χ3n) is 4.26. The van der Waals surface area contributed by atoms with Gasteiger partial charge in [0.25, 0.3) is 0 Å². The van der Waals surface area contributed by atoms with Crippen molar-refractivity contribution in [3.63, 3.8) is 0 Å². The summed E-state index contributed by atoms with van der Waals surface area (Å²) in [5, 5.41) is 12.2. The van der Waals surface area contributed by atoms with Crippen molar-refractivity contribution in [3.8, 4) is 17.0 Å². The smallest absolute Gasteiger partial charge is 0.119 e. The summed E-state index contributed by atoms with van der Waals surface area (Å²) in [4.78, 5) is 0. The molecule has 0 saturated heterocycles. The molecule has 4 rings (SSSR count). The highest BCUT2D eigenvalue weighted by molar-refractivity contribution is 7.98. The molecule has 1 heterocycles. The number of nitrogens with zero attached hydrogens (tertiary/aromatic N) is 2. The fourth-order valence-electron chi connectivity index (χ4n) is 2.90. The van der Waals surface area contributed by atoms with Gasteiger partial charge in [0.2, 0.25) is 0 Å². The predicted molar refractivity (Wildman–Crippen MR) is 108 cm³/mol. The molecular weight excluding hydrogens is 340 g/mol. The molecule has 0 aliphatic heterocycles. The van der Waals surface area contributed by atoms with E-state index in [-0.39, 0.29) is 0 Å². The maximum absolute atomic E-state index is 5.27. The second-order valence-electron chi connectivity index (χ2n) is 5.92. The molecule has 26 heavy (non-hydrogen) atoms. The number of methoxy groups -OCH3 is 1. The normalized spacial score (nSPS) is 10.8. The van der Waals surface area contributed by atoms with Crippen molar-refractivity contribution >= 4 is 22.5 Å². The number of rotatable bonds is 5. The van der Waals surface area contributed by atoms with Crippen molar-refractivity contribution in [1.82, 2.24) is 10.2 Å². The molecule has 3 nitrogen and oxygen atoms in total. The van der Waals surface area contributed by atoms with E-state index in [4.69, 9.17) is 4.74 Å². The molecule has 0 unspecified atom stereocenters. The fraction of sp³-hybridized carbons (Fsp3) is 0.0909. The third kappa shape index (κ3) is 3.55. The van der Waals surface area contributed by atoms with Crippen LogP contribution >= 0.6 is 11.8 Å². The highest BCUT2D eigenvalue weighted by atomic mass is 32.2. The SMILES string of the molecule is COc1cccc(-c2ccc(SCc3cccc4ccccc34)nn2)c1. The Kier molecular flexibility index (Phi) is 4.84. The number of ether oxygens (including phenoxy) is 1. The summed E-state index contributed by atoms with van der Waals surface area (Å²) in [5.41, 5.74) is 3.16. The largest absolute Gasteiger partial charge is 0.497 e. The van der Waals surface area contributed by atoms with Gasteiger partial charge in [-0.1, -0.05) is 66.4 Å². The maximum Gasteiger partial charge on any atom is 0.119 e. The van der Waals surface area contributed by atoms with E-state index in [1.54, 1.807) is 18.9 Å². The van der Waals surface area contributed by atoms with Gasteiger partial charge in [0.1, 0.15) is 10.8 Å². The summed E-state index contributed by atoms with van der Waals surface area (Å²) in [7, 11) is 1.66. The molecular formula is C22H18N2OS. The number of thioether (sulfide) groups is 1. The Balaban J connectivity index is 1.50. The zero-order valence-electron chi connectivity index (χ0n) is 14.4. The van der Waals surface area contributed by atoms with Gasteiger partial charge in [-0.2, -0.15) is 0 Å². The molecule has 0 saturated carbocycles. The molecule has 0 radical (unpaired) electrons. The van der Waals surface area contributed by atoms with E-state index < -0.39 is 0 Å². The van der Waals surface area contributed by atoms with Crippen LogP contribution in [0.5, 0.6) is 5.75 Å². The van der Waals surface area contributed by atoms with Crippen LogP contribution in [0.1, 0.15) is 5.56 Å². The molecule has 1 aromatic heterocycles. The van der Waals surface area contributed by atoms with Crippen molar-refractivity contribution in [1.29, 1.82) is 0 Å². The highest BCUT2D eigenvalue weighted by Crippen LogP contribution is 2.27. The number of hydrogen-bond acceptors (Lipinski definition) is 4. The van der Waals surface area contributed by atoms with Gasteiger partial charge in [0, 0.05) is 11.3 Å². The average molecular weight is 358 g/mol. The van der Waals surface area contributed by atoms with Crippen molar-refractivity contribution in [2.45, 2.75) is 10.8 Å². The van der Waals surface area contributed by atoms with Gasteiger partial charge >= 0.3 is 0 Å². The van der Waals surface area contributed by atoms with Gasteiger partial charge in [0.05, 0.1) is 12.8 Å². The van der Waals surface area contributed by atoms with Crippen molar-refractivity contribution in [2.75, 3.05) is 7.11 Å². The topological polar surface area (TPSA) is 35.0 Å². The predicted octanol–water partition coefficient (Wildman–Crippen LogP) is 5.60. The summed E-state index contributed by atoms with van der Waals surface area (Å²) in [6.07, 6.45) is 0. The lowest BCUT2D eigenvalue weighted by atomic mass is 10.1. The van der Waals surface area contributed by atoms with Crippen LogP contribution in [0.2, 0.25) is 0 Å². The van der Waals surface area contributed by atoms with Crippen molar-refractivity contribution in [2.24, 2.45) is 0 Å². The Morgan fingerprint density at radius 2 is 1.69 bits per heavy atom. The van der Waals surface area contributed by atoms with E-state index in [1.807, 2.05) is 36.4 Å². The summed E-state index contributed by atoms with van der Waals surface area (Å²) < 4.78 is 5.27. The van der Waals surface area contributed by atoms with Crippen LogP contribution in [0.15, 0.2) is 83.9 Å². The molecule has 0 bridgehead atoms. The van der Waals surface area contributed by atoms with Crippen LogP contribution in [0, 0.1) is 0 Å². The maximum atomic E-state index is 5.27. The first-order valence-electron chi connectivity index (χ1n) is 8.41. The summed E-state index contributed by atoms with van der Waals surface area (Å²) in [6, 6.07) is 26.8. The molecule has 3 aromatic carbocycles. The molecule has 0 N–H and O–H groups in total. The van der Waals surface area contributed by atoms with E-state index >= 15 is 0 Å². The Morgan fingerprint density at radius 3 is 2.54 bits per heavy atom. The Morgan fingerprint density at radius 1 is 0.846 bits per heavy atom. The van der Waals surface area contributed by atoms with Gasteiger partial charge in [0.15, 0.2) is 0 Å². The van der Waals surface area contributed by atoms with E-state index in [0.717, 1.165) is 27.8 Å². The van der Waals surface area contributed by atoms with E-state index in [9.17, 15) is 0 Å². The second kappa shape index (κ2) is 7.58. The Hall–Kier alpha value is -2.85.